The zero-order chi connectivity index (χ0) is 18.8. The number of nitrogens with zero attached hydrogens (tertiary/aromatic N) is 4. The van der Waals surface area contributed by atoms with Crippen LogP contribution < -0.4 is 10.1 Å². The number of aromatic nitrogens is 3. The molecular weight excluding hydrogens is 342 g/mol. The summed E-state index contributed by atoms with van der Waals surface area (Å²) < 4.78 is 7.63. The molecule has 1 unspecified atom stereocenters. The average molecular weight is 363 g/mol. The molecule has 0 saturated carbocycles. The fourth-order valence-corrected chi connectivity index (χ4v) is 3.28. The fraction of sp³-hybridized carbons (Fsp3) is 0.250. The summed E-state index contributed by atoms with van der Waals surface area (Å²) in [6.07, 6.45) is -0.324. The van der Waals surface area contributed by atoms with Crippen LogP contribution in [0.25, 0.3) is 5.69 Å². The zero-order valence-corrected chi connectivity index (χ0v) is 15.3. The first-order chi connectivity index (χ1) is 13.2. The number of fused-ring (bicyclic) bond motifs is 3. The lowest BCUT2D eigenvalue weighted by atomic mass is 10.00. The van der Waals surface area contributed by atoms with E-state index in [1.165, 1.54) is 0 Å². The summed E-state index contributed by atoms with van der Waals surface area (Å²) in [4.78, 5) is 4.95. The van der Waals surface area contributed by atoms with Gasteiger partial charge >= 0.3 is 0 Å². The third-order valence-electron chi connectivity index (χ3n) is 4.50. The van der Waals surface area contributed by atoms with Gasteiger partial charge in [0.1, 0.15) is 18.2 Å². The zero-order valence-electron chi connectivity index (χ0n) is 15.3. The lowest BCUT2D eigenvalue weighted by Gasteiger charge is -2.14. The van der Waals surface area contributed by atoms with Crippen molar-refractivity contribution in [3.63, 3.8) is 0 Å². The number of rotatable bonds is 5. The molecule has 1 aliphatic rings. The number of hydrogen-bond donors (Lipinski definition) is 2. The molecule has 0 saturated heterocycles. The molecule has 0 radical (unpaired) electrons. The Morgan fingerprint density at radius 1 is 1.15 bits per heavy atom. The fourth-order valence-electron chi connectivity index (χ4n) is 3.28. The number of ether oxygens (including phenoxy) is 1. The Bertz CT molecular complexity index is 981. The molecule has 2 aromatic carbocycles. The molecule has 2 heterocycles. The van der Waals surface area contributed by atoms with Crippen molar-refractivity contribution in [3.8, 4) is 11.4 Å². The van der Waals surface area contributed by atoms with Crippen LogP contribution in [-0.4, -0.2) is 45.8 Å². The maximum atomic E-state index is 9.06. The van der Waals surface area contributed by atoms with Crippen molar-refractivity contribution < 1.29 is 9.84 Å². The van der Waals surface area contributed by atoms with E-state index in [0.29, 0.717) is 5.75 Å². The minimum absolute atomic E-state index is 0.0352. The largest absolute Gasteiger partial charge is 0.491 e. The summed E-state index contributed by atoms with van der Waals surface area (Å²) in [5.74, 6) is 2.17. The highest BCUT2D eigenvalue weighted by molar-refractivity contribution is 6.15. The molecule has 1 atom stereocenters. The predicted molar refractivity (Wildman–Crippen MR) is 103 cm³/mol. The molecule has 27 heavy (non-hydrogen) atoms. The van der Waals surface area contributed by atoms with Crippen LogP contribution in [0.1, 0.15) is 28.9 Å². The average Bonchev–Trinajstić information content (AvgIpc) is 3.02. The van der Waals surface area contributed by atoms with E-state index in [0.717, 1.165) is 34.2 Å². The van der Waals surface area contributed by atoms with Crippen molar-refractivity contribution in [2.75, 3.05) is 20.3 Å². The third kappa shape index (κ3) is 3.11. The Labute approximate surface area is 157 Å². The summed E-state index contributed by atoms with van der Waals surface area (Å²) in [5.41, 5.74) is 3.78. The number of nitrogens with one attached hydrogen (secondary N) is 1. The summed E-state index contributed by atoms with van der Waals surface area (Å²) in [5, 5.41) is 20.9. The van der Waals surface area contributed by atoms with Crippen LogP contribution >= 0.6 is 0 Å². The van der Waals surface area contributed by atoms with Crippen molar-refractivity contribution in [2.45, 2.75) is 13.1 Å². The smallest absolute Gasteiger partial charge is 0.177 e. The van der Waals surface area contributed by atoms with Crippen LogP contribution in [-0.2, 0) is 0 Å². The molecule has 7 nitrogen and oxygen atoms in total. The van der Waals surface area contributed by atoms with E-state index in [4.69, 9.17) is 14.8 Å². The monoisotopic (exact) mass is 363 g/mol. The maximum absolute atomic E-state index is 9.06. The first kappa shape index (κ1) is 17.4. The summed E-state index contributed by atoms with van der Waals surface area (Å²) in [6, 6.07) is 15.9. The van der Waals surface area contributed by atoms with Crippen LogP contribution in [0.4, 0.5) is 0 Å². The second-order valence-electron chi connectivity index (χ2n) is 6.23. The molecule has 0 fully saturated rings. The summed E-state index contributed by atoms with van der Waals surface area (Å²) >= 11 is 0. The van der Waals surface area contributed by atoms with Gasteiger partial charge < -0.3 is 9.84 Å². The first-order valence-corrected chi connectivity index (χ1v) is 8.83. The number of hydrogen-bond acceptors (Lipinski definition) is 6. The van der Waals surface area contributed by atoms with Crippen LogP contribution in [0.2, 0.25) is 0 Å². The van der Waals surface area contributed by atoms with Crippen molar-refractivity contribution in [1.82, 2.24) is 20.1 Å². The standard InChI is InChI=1S/C20H21N5O2/c1-13-23-24-20-19(21-2)22-18(14-6-4-3-5-7-14)16-9-8-15(27-11-10-26)12-17(16)25(13)20/h3-9,12,19,21,26H,10-11H2,1-2H3. The molecule has 2 N–H and O–H groups in total. The van der Waals surface area contributed by atoms with E-state index in [2.05, 4.69) is 15.5 Å². The van der Waals surface area contributed by atoms with Crippen LogP contribution in [0.3, 0.4) is 0 Å². The Morgan fingerprint density at radius 3 is 2.70 bits per heavy atom. The molecular formula is C20H21N5O2. The maximum Gasteiger partial charge on any atom is 0.177 e. The predicted octanol–water partition coefficient (Wildman–Crippen LogP) is 2.02. The lowest BCUT2D eigenvalue weighted by Crippen LogP contribution is -2.18. The van der Waals surface area contributed by atoms with E-state index in [1.54, 1.807) is 0 Å². The van der Waals surface area contributed by atoms with E-state index < -0.39 is 0 Å². The van der Waals surface area contributed by atoms with Crippen molar-refractivity contribution in [2.24, 2.45) is 4.99 Å². The molecule has 0 bridgehead atoms. The van der Waals surface area contributed by atoms with Gasteiger partial charge in [0.25, 0.3) is 0 Å². The molecule has 1 aliphatic heterocycles. The van der Waals surface area contributed by atoms with Gasteiger partial charge in [0.05, 0.1) is 18.0 Å². The highest BCUT2D eigenvalue weighted by Crippen LogP contribution is 2.32. The molecule has 0 aliphatic carbocycles. The Morgan fingerprint density at radius 2 is 1.96 bits per heavy atom. The Hall–Kier alpha value is -3.03. The van der Waals surface area contributed by atoms with Gasteiger partial charge in [0.15, 0.2) is 12.0 Å². The normalized spacial score (nSPS) is 15.5. The Kier molecular flexibility index (Phi) is 4.70. The van der Waals surface area contributed by atoms with Gasteiger partial charge in [0, 0.05) is 17.2 Å². The summed E-state index contributed by atoms with van der Waals surface area (Å²) in [6.45, 7) is 2.12. The van der Waals surface area contributed by atoms with Gasteiger partial charge in [-0.15, -0.1) is 10.2 Å². The topological polar surface area (TPSA) is 84.6 Å². The SMILES string of the molecule is CNC1N=C(c2ccccc2)c2ccc(OCCO)cc2-n2c(C)nnc21. The van der Waals surface area contributed by atoms with Crippen molar-refractivity contribution in [1.29, 1.82) is 0 Å². The number of aliphatic imine (C=N–C) groups is 1. The van der Waals surface area contributed by atoms with Gasteiger partial charge in [-0.05, 0) is 26.1 Å². The molecule has 1 aromatic heterocycles. The van der Waals surface area contributed by atoms with Gasteiger partial charge in [-0.25, -0.2) is 0 Å². The summed E-state index contributed by atoms with van der Waals surface area (Å²) in [7, 11) is 1.86. The number of aliphatic hydroxyl groups excluding tert-OH is 1. The molecule has 4 rings (SSSR count). The Balaban J connectivity index is 1.96. The lowest BCUT2D eigenvalue weighted by molar-refractivity contribution is 0.201. The molecule has 7 heteroatoms. The molecule has 0 amide bonds. The van der Waals surface area contributed by atoms with E-state index in [-0.39, 0.29) is 19.4 Å². The third-order valence-corrected chi connectivity index (χ3v) is 4.50. The van der Waals surface area contributed by atoms with E-state index >= 15 is 0 Å². The first-order valence-electron chi connectivity index (χ1n) is 8.83. The van der Waals surface area contributed by atoms with Crippen LogP contribution in [0.15, 0.2) is 53.5 Å². The van der Waals surface area contributed by atoms with Gasteiger partial charge in [0.2, 0.25) is 0 Å². The van der Waals surface area contributed by atoms with E-state index in [1.807, 2.05) is 67.1 Å². The van der Waals surface area contributed by atoms with Gasteiger partial charge in [-0.2, -0.15) is 0 Å². The highest BCUT2D eigenvalue weighted by atomic mass is 16.5. The minimum atomic E-state index is -0.324. The van der Waals surface area contributed by atoms with Gasteiger partial charge in [-0.1, -0.05) is 30.3 Å². The highest BCUT2D eigenvalue weighted by Gasteiger charge is 2.27. The van der Waals surface area contributed by atoms with Crippen LogP contribution in [0.5, 0.6) is 5.75 Å². The van der Waals surface area contributed by atoms with E-state index in [9.17, 15) is 0 Å². The number of aryl methyl sites for hydroxylation is 1. The second-order valence-corrected chi connectivity index (χ2v) is 6.23. The van der Waals surface area contributed by atoms with Crippen LogP contribution in [0, 0.1) is 6.92 Å². The molecule has 0 spiro atoms. The second kappa shape index (κ2) is 7.30. The molecule has 138 valence electrons. The van der Waals surface area contributed by atoms with Crippen molar-refractivity contribution in [3.05, 3.63) is 71.3 Å². The quantitative estimate of drug-likeness (QED) is 0.724. The van der Waals surface area contributed by atoms with Crippen molar-refractivity contribution >= 4 is 5.71 Å². The number of benzene rings is 2. The number of aliphatic hydroxyl groups is 1. The van der Waals surface area contributed by atoms with Gasteiger partial charge in [-0.3, -0.25) is 14.9 Å². The molecule has 3 aromatic rings. The minimum Gasteiger partial charge on any atom is -0.491 e.